The van der Waals surface area contributed by atoms with Gasteiger partial charge >= 0.3 is 0 Å². The molecule has 2 N–H and O–H groups in total. The van der Waals surface area contributed by atoms with Crippen LogP contribution in [0.1, 0.15) is 48.7 Å². The van der Waals surface area contributed by atoms with E-state index in [1.54, 1.807) is 11.3 Å². The lowest BCUT2D eigenvalue weighted by Gasteiger charge is -2.00. The van der Waals surface area contributed by atoms with Gasteiger partial charge in [0.1, 0.15) is 10.0 Å². The van der Waals surface area contributed by atoms with Crippen LogP contribution in [-0.2, 0) is 0 Å². The zero-order valence-corrected chi connectivity index (χ0v) is 8.84. The molecule has 1 aromatic heterocycles. The molecule has 3 nitrogen and oxygen atoms in total. The third-order valence-electron chi connectivity index (χ3n) is 2.64. The fourth-order valence-electron chi connectivity index (χ4n) is 1.39. The predicted molar refractivity (Wildman–Crippen MR) is 53.7 cm³/mol. The Hall–Kier alpha value is -0.480. The molecule has 3 unspecified atom stereocenters. The lowest BCUT2D eigenvalue weighted by Crippen LogP contribution is -2.07. The van der Waals surface area contributed by atoms with Crippen LogP contribution in [0, 0.1) is 5.92 Å². The third-order valence-corrected chi connectivity index (χ3v) is 3.83. The number of hydrogen-bond donors (Lipinski definition) is 1. The highest BCUT2D eigenvalue weighted by Gasteiger charge is 2.37. The van der Waals surface area contributed by atoms with Crippen molar-refractivity contribution in [1.29, 1.82) is 0 Å². The van der Waals surface area contributed by atoms with Crippen molar-refractivity contribution >= 4 is 11.3 Å². The molecule has 0 amide bonds. The molecule has 2 rings (SSSR count). The topological polar surface area (TPSA) is 51.8 Å². The van der Waals surface area contributed by atoms with Crippen molar-refractivity contribution < 1.29 is 0 Å². The molecule has 13 heavy (non-hydrogen) atoms. The molecule has 0 bridgehead atoms. The predicted octanol–water partition coefficient (Wildman–Crippen LogP) is 2.07. The smallest absolute Gasteiger partial charge is 0.134 e. The van der Waals surface area contributed by atoms with Crippen LogP contribution >= 0.6 is 11.3 Å². The van der Waals surface area contributed by atoms with Gasteiger partial charge in [-0.05, 0) is 18.8 Å². The second-order valence-corrected chi connectivity index (χ2v) is 4.85. The van der Waals surface area contributed by atoms with Crippen molar-refractivity contribution in [1.82, 2.24) is 10.2 Å². The maximum Gasteiger partial charge on any atom is 0.134 e. The van der Waals surface area contributed by atoms with Crippen LogP contribution in [0.2, 0.25) is 0 Å². The number of aromatic nitrogens is 2. The highest BCUT2D eigenvalue weighted by atomic mass is 32.1. The minimum absolute atomic E-state index is 0.0836. The van der Waals surface area contributed by atoms with Crippen molar-refractivity contribution in [2.24, 2.45) is 11.7 Å². The third kappa shape index (κ3) is 1.74. The zero-order valence-electron chi connectivity index (χ0n) is 8.03. The Labute approximate surface area is 82.4 Å². The van der Waals surface area contributed by atoms with Crippen LogP contribution in [0.5, 0.6) is 0 Å². The minimum Gasteiger partial charge on any atom is -0.322 e. The van der Waals surface area contributed by atoms with Crippen molar-refractivity contribution in [2.75, 3.05) is 0 Å². The molecule has 4 heteroatoms. The number of nitrogens with two attached hydrogens (primary N) is 1. The van der Waals surface area contributed by atoms with Crippen LogP contribution in [0.3, 0.4) is 0 Å². The first-order chi connectivity index (χ1) is 6.22. The zero-order chi connectivity index (χ0) is 9.42. The average molecular weight is 197 g/mol. The molecule has 3 atom stereocenters. The van der Waals surface area contributed by atoms with Crippen LogP contribution in [0.15, 0.2) is 0 Å². The van der Waals surface area contributed by atoms with E-state index in [4.69, 9.17) is 5.73 Å². The second kappa shape index (κ2) is 3.35. The number of hydrogen-bond acceptors (Lipinski definition) is 4. The van der Waals surface area contributed by atoms with Gasteiger partial charge < -0.3 is 5.73 Å². The highest BCUT2D eigenvalue weighted by Crippen LogP contribution is 2.48. The van der Waals surface area contributed by atoms with Gasteiger partial charge in [-0.1, -0.05) is 25.2 Å². The Balaban J connectivity index is 2.09. The largest absolute Gasteiger partial charge is 0.322 e. The Kier molecular flexibility index (Phi) is 2.34. The molecule has 0 saturated heterocycles. The van der Waals surface area contributed by atoms with E-state index in [1.807, 2.05) is 0 Å². The van der Waals surface area contributed by atoms with Gasteiger partial charge in [0.15, 0.2) is 0 Å². The SMILES string of the molecule is CCC(N)c1nnc(C2CC2C)s1. The van der Waals surface area contributed by atoms with Gasteiger partial charge in [-0.3, -0.25) is 0 Å². The monoisotopic (exact) mass is 197 g/mol. The average Bonchev–Trinajstić information content (AvgIpc) is 2.70. The summed E-state index contributed by atoms with van der Waals surface area (Å²) in [5, 5.41) is 10.5. The molecule has 1 saturated carbocycles. The maximum atomic E-state index is 5.87. The van der Waals surface area contributed by atoms with Gasteiger partial charge in [0, 0.05) is 5.92 Å². The van der Waals surface area contributed by atoms with Crippen LogP contribution in [0.25, 0.3) is 0 Å². The van der Waals surface area contributed by atoms with E-state index in [0.717, 1.165) is 17.3 Å². The molecular weight excluding hydrogens is 182 g/mol. The van der Waals surface area contributed by atoms with Crippen molar-refractivity contribution in [3.8, 4) is 0 Å². The van der Waals surface area contributed by atoms with Gasteiger partial charge in [0.2, 0.25) is 0 Å². The summed E-state index contributed by atoms with van der Waals surface area (Å²) in [4.78, 5) is 0. The Morgan fingerprint density at radius 1 is 1.62 bits per heavy atom. The quantitative estimate of drug-likeness (QED) is 0.807. The normalized spacial score (nSPS) is 28.8. The van der Waals surface area contributed by atoms with E-state index in [9.17, 15) is 0 Å². The maximum absolute atomic E-state index is 5.87. The van der Waals surface area contributed by atoms with Crippen LogP contribution in [-0.4, -0.2) is 10.2 Å². The highest BCUT2D eigenvalue weighted by molar-refractivity contribution is 7.11. The first kappa shape index (κ1) is 9.09. The van der Waals surface area contributed by atoms with E-state index in [0.29, 0.717) is 5.92 Å². The Bertz CT molecular complexity index is 278. The van der Waals surface area contributed by atoms with Gasteiger partial charge in [-0.2, -0.15) is 0 Å². The standard InChI is InChI=1S/C9H15N3S/c1-3-7(10)9-12-11-8(13-9)6-4-5(6)2/h5-7H,3-4,10H2,1-2H3. The molecule has 0 aliphatic heterocycles. The van der Waals surface area contributed by atoms with Crippen LogP contribution < -0.4 is 5.73 Å². The Morgan fingerprint density at radius 2 is 2.31 bits per heavy atom. The summed E-state index contributed by atoms with van der Waals surface area (Å²) in [5.41, 5.74) is 5.87. The fraction of sp³-hybridized carbons (Fsp3) is 0.778. The summed E-state index contributed by atoms with van der Waals surface area (Å²) in [6, 6.07) is 0.0836. The minimum atomic E-state index is 0.0836. The molecule has 0 aromatic carbocycles. The number of nitrogens with zero attached hydrogens (tertiary/aromatic N) is 2. The van der Waals surface area contributed by atoms with E-state index in [2.05, 4.69) is 24.0 Å². The van der Waals surface area contributed by atoms with Gasteiger partial charge in [-0.15, -0.1) is 10.2 Å². The van der Waals surface area contributed by atoms with E-state index in [1.165, 1.54) is 11.4 Å². The summed E-state index contributed by atoms with van der Waals surface area (Å²) < 4.78 is 0. The lowest BCUT2D eigenvalue weighted by molar-refractivity contribution is 0.681. The summed E-state index contributed by atoms with van der Waals surface area (Å²) in [6.07, 6.45) is 2.21. The molecule has 1 aliphatic carbocycles. The summed E-state index contributed by atoms with van der Waals surface area (Å²) in [5.74, 6) is 1.48. The summed E-state index contributed by atoms with van der Waals surface area (Å²) in [7, 11) is 0. The molecular formula is C9H15N3S. The number of rotatable bonds is 3. The summed E-state index contributed by atoms with van der Waals surface area (Å²) in [6.45, 7) is 4.33. The second-order valence-electron chi connectivity index (χ2n) is 3.81. The molecule has 1 aromatic rings. The first-order valence-electron chi connectivity index (χ1n) is 4.81. The molecule has 0 radical (unpaired) electrons. The molecule has 1 aliphatic rings. The molecule has 72 valence electrons. The summed E-state index contributed by atoms with van der Waals surface area (Å²) >= 11 is 1.69. The van der Waals surface area contributed by atoms with Crippen LogP contribution in [0.4, 0.5) is 0 Å². The molecule has 1 heterocycles. The van der Waals surface area contributed by atoms with Gasteiger partial charge in [0.25, 0.3) is 0 Å². The van der Waals surface area contributed by atoms with Crippen molar-refractivity contribution in [3.05, 3.63) is 10.0 Å². The van der Waals surface area contributed by atoms with Gasteiger partial charge in [-0.25, -0.2) is 0 Å². The van der Waals surface area contributed by atoms with E-state index in [-0.39, 0.29) is 6.04 Å². The molecule has 0 spiro atoms. The molecule has 1 fully saturated rings. The van der Waals surface area contributed by atoms with Crippen molar-refractivity contribution in [2.45, 2.75) is 38.6 Å². The van der Waals surface area contributed by atoms with Crippen molar-refractivity contribution in [3.63, 3.8) is 0 Å². The van der Waals surface area contributed by atoms with Gasteiger partial charge in [0.05, 0.1) is 6.04 Å². The lowest BCUT2D eigenvalue weighted by atomic mass is 10.3. The van der Waals surface area contributed by atoms with E-state index >= 15 is 0 Å². The first-order valence-corrected chi connectivity index (χ1v) is 5.63. The van der Waals surface area contributed by atoms with E-state index < -0.39 is 0 Å². The fourth-order valence-corrected chi connectivity index (χ4v) is 2.56. The Morgan fingerprint density at radius 3 is 2.85 bits per heavy atom.